The number of rotatable bonds is 5. The number of amides is 1. The van der Waals surface area contributed by atoms with Gasteiger partial charge in [0.15, 0.2) is 0 Å². The zero-order chi connectivity index (χ0) is 17.8. The van der Waals surface area contributed by atoms with Crippen LogP contribution in [0.3, 0.4) is 0 Å². The van der Waals surface area contributed by atoms with E-state index in [1.54, 1.807) is 16.9 Å². The Balaban J connectivity index is 1.34. The number of aromatic nitrogens is 4. The summed E-state index contributed by atoms with van der Waals surface area (Å²) in [5, 5.41) is 14.9. The summed E-state index contributed by atoms with van der Waals surface area (Å²) in [6.07, 6.45) is 7.77. The van der Waals surface area contributed by atoms with Crippen molar-refractivity contribution in [2.75, 3.05) is 13.1 Å². The lowest BCUT2D eigenvalue weighted by Crippen LogP contribution is -2.32. The molecule has 1 atom stereocenters. The molecule has 7 heteroatoms. The van der Waals surface area contributed by atoms with Gasteiger partial charge in [-0.25, -0.2) is 4.68 Å². The number of carbonyl (C=O) groups excluding carboxylic acids is 1. The second kappa shape index (κ2) is 7.53. The summed E-state index contributed by atoms with van der Waals surface area (Å²) in [4.78, 5) is 12.4. The minimum absolute atomic E-state index is 0.149. The van der Waals surface area contributed by atoms with Crippen LogP contribution in [0.25, 0.3) is 5.69 Å². The number of carbonyl (C=O) groups is 1. The summed E-state index contributed by atoms with van der Waals surface area (Å²) >= 11 is 0. The van der Waals surface area contributed by atoms with Crippen LogP contribution in [0, 0.1) is 0 Å². The summed E-state index contributed by atoms with van der Waals surface area (Å²) in [6, 6.07) is 12.0. The maximum Gasteiger partial charge on any atom is 0.272 e. The molecule has 1 fully saturated rings. The third-order valence-electron chi connectivity index (χ3n) is 4.64. The van der Waals surface area contributed by atoms with Crippen LogP contribution in [0.15, 0.2) is 55.0 Å². The van der Waals surface area contributed by atoms with E-state index in [4.69, 9.17) is 0 Å². The lowest BCUT2D eigenvalue weighted by molar-refractivity contribution is 0.0944. The van der Waals surface area contributed by atoms with E-state index in [-0.39, 0.29) is 5.91 Å². The summed E-state index contributed by atoms with van der Waals surface area (Å²) in [6.45, 7) is 2.44. The molecule has 4 rings (SSSR count). The Morgan fingerprint density at radius 2 is 2.12 bits per heavy atom. The first-order chi connectivity index (χ1) is 12.8. The van der Waals surface area contributed by atoms with Crippen LogP contribution >= 0.6 is 0 Å². The van der Waals surface area contributed by atoms with Crippen molar-refractivity contribution in [2.45, 2.75) is 25.4 Å². The molecule has 0 spiro atoms. The van der Waals surface area contributed by atoms with Crippen LogP contribution in [0.1, 0.15) is 34.9 Å². The van der Waals surface area contributed by atoms with Gasteiger partial charge in [-0.15, -0.1) is 0 Å². The molecular formula is C19H22N6O. The SMILES string of the molecule is O=C(NCc1ccc(-n2cccn2)cc1)c1ccn(C2CCCNC2)n1. The number of piperidine rings is 1. The predicted molar refractivity (Wildman–Crippen MR) is 98.1 cm³/mol. The normalized spacial score (nSPS) is 17.2. The van der Waals surface area contributed by atoms with Crippen LogP contribution < -0.4 is 10.6 Å². The molecule has 134 valence electrons. The number of benzene rings is 1. The summed E-state index contributed by atoms with van der Waals surface area (Å²) in [7, 11) is 0. The highest BCUT2D eigenvalue weighted by molar-refractivity contribution is 5.92. The molecule has 3 aromatic rings. The number of nitrogens with one attached hydrogen (secondary N) is 2. The van der Waals surface area contributed by atoms with Gasteiger partial charge in [0.1, 0.15) is 5.69 Å². The Kier molecular flexibility index (Phi) is 4.79. The molecule has 1 aliphatic rings. The predicted octanol–water partition coefficient (Wildman–Crippen LogP) is 1.92. The molecule has 7 nitrogen and oxygen atoms in total. The number of nitrogens with zero attached hydrogens (tertiary/aromatic N) is 4. The van der Waals surface area contributed by atoms with E-state index in [1.165, 1.54) is 0 Å². The highest BCUT2D eigenvalue weighted by Gasteiger charge is 2.17. The summed E-state index contributed by atoms with van der Waals surface area (Å²) in [5.74, 6) is -0.149. The first-order valence-electron chi connectivity index (χ1n) is 8.92. The monoisotopic (exact) mass is 350 g/mol. The maximum atomic E-state index is 12.4. The quantitative estimate of drug-likeness (QED) is 0.737. The van der Waals surface area contributed by atoms with Crippen LogP contribution in [0.4, 0.5) is 0 Å². The molecule has 0 bridgehead atoms. The average molecular weight is 350 g/mol. The Bertz CT molecular complexity index is 847. The standard InChI is InChI=1S/C19H22N6O/c26-19(18-8-12-25(23-18)17-3-1-9-20-14-17)21-13-15-4-6-16(7-5-15)24-11-2-10-22-24/h2,4-8,10-12,17,20H,1,3,9,13-14H2,(H,21,26). The third kappa shape index (κ3) is 3.67. The molecule has 1 amide bonds. The zero-order valence-corrected chi connectivity index (χ0v) is 14.5. The average Bonchev–Trinajstić information content (AvgIpc) is 3.39. The largest absolute Gasteiger partial charge is 0.347 e. The molecule has 26 heavy (non-hydrogen) atoms. The molecule has 0 radical (unpaired) electrons. The van der Waals surface area contributed by atoms with E-state index in [9.17, 15) is 4.79 Å². The van der Waals surface area contributed by atoms with E-state index in [0.29, 0.717) is 18.3 Å². The summed E-state index contributed by atoms with van der Waals surface area (Å²) in [5.41, 5.74) is 2.49. The van der Waals surface area contributed by atoms with Crippen molar-refractivity contribution in [3.05, 3.63) is 66.2 Å². The van der Waals surface area contributed by atoms with Crippen LogP contribution in [0.2, 0.25) is 0 Å². The molecule has 1 unspecified atom stereocenters. The lowest BCUT2D eigenvalue weighted by Gasteiger charge is -2.22. The van der Waals surface area contributed by atoms with Crippen LogP contribution in [-0.2, 0) is 6.54 Å². The van der Waals surface area contributed by atoms with Crippen LogP contribution in [0.5, 0.6) is 0 Å². The fourth-order valence-electron chi connectivity index (χ4n) is 3.18. The van der Waals surface area contributed by atoms with E-state index in [1.807, 2.05) is 47.4 Å². The molecule has 0 aliphatic carbocycles. The molecule has 1 aliphatic heterocycles. The summed E-state index contributed by atoms with van der Waals surface area (Å²) < 4.78 is 3.70. The molecular weight excluding hydrogens is 328 g/mol. The van der Waals surface area contributed by atoms with Crippen molar-refractivity contribution in [3.8, 4) is 5.69 Å². The highest BCUT2D eigenvalue weighted by atomic mass is 16.1. The molecule has 2 N–H and O–H groups in total. The maximum absolute atomic E-state index is 12.4. The Labute approximate surface area is 152 Å². The smallest absolute Gasteiger partial charge is 0.272 e. The van der Waals surface area contributed by atoms with Crippen molar-refractivity contribution in [2.24, 2.45) is 0 Å². The Hall–Kier alpha value is -2.93. The van der Waals surface area contributed by atoms with Gasteiger partial charge in [0.25, 0.3) is 5.91 Å². The van der Waals surface area contributed by atoms with E-state index in [0.717, 1.165) is 37.2 Å². The van der Waals surface area contributed by atoms with Gasteiger partial charge in [0, 0.05) is 31.7 Å². The van der Waals surface area contributed by atoms with Gasteiger partial charge < -0.3 is 10.6 Å². The van der Waals surface area contributed by atoms with Gasteiger partial charge in [-0.1, -0.05) is 12.1 Å². The van der Waals surface area contributed by atoms with Crippen molar-refractivity contribution in [1.29, 1.82) is 0 Å². The Morgan fingerprint density at radius 1 is 1.23 bits per heavy atom. The van der Waals surface area contributed by atoms with Gasteiger partial charge in [0.05, 0.1) is 11.7 Å². The van der Waals surface area contributed by atoms with Crippen LogP contribution in [-0.4, -0.2) is 38.6 Å². The van der Waals surface area contributed by atoms with Crippen molar-refractivity contribution in [1.82, 2.24) is 30.2 Å². The molecule has 0 saturated carbocycles. The third-order valence-corrected chi connectivity index (χ3v) is 4.64. The first-order valence-corrected chi connectivity index (χ1v) is 8.92. The molecule has 1 saturated heterocycles. The van der Waals surface area contributed by atoms with Gasteiger partial charge in [-0.2, -0.15) is 10.2 Å². The van der Waals surface area contributed by atoms with E-state index >= 15 is 0 Å². The molecule has 1 aromatic carbocycles. The molecule has 2 aromatic heterocycles. The fraction of sp³-hybridized carbons (Fsp3) is 0.316. The second-order valence-electron chi connectivity index (χ2n) is 6.48. The van der Waals surface area contributed by atoms with Gasteiger partial charge in [-0.3, -0.25) is 9.48 Å². The van der Waals surface area contributed by atoms with Gasteiger partial charge in [0.2, 0.25) is 0 Å². The highest BCUT2D eigenvalue weighted by Crippen LogP contribution is 2.15. The number of hydrogen-bond acceptors (Lipinski definition) is 4. The lowest BCUT2D eigenvalue weighted by atomic mass is 10.1. The second-order valence-corrected chi connectivity index (χ2v) is 6.48. The van der Waals surface area contributed by atoms with Crippen molar-refractivity contribution >= 4 is 5.91 Å². The minimum Gasteiger partial charge on any atom is -0.347 e. The fourth-order valence-corrected chi connectivity index (χ4v) is 3.18. The minimum atomic E-state index is -0.149. The zero-order valence-electron chi connectivity index (χ0n) is 14.5. The van der Waals surface area contributed by atoms with Gasteiger partial charge in [-0.05, 0) is 49.2 Å². The molecule has 3 heterocycles. The van der Waals surface area contributed by atoms with Gasteiger partial charge >= 0.3 is 0 Å². The van der Waals surface area contributed by atoms with Crippen molar-refractivity contribution < 1.29 is 4.79 Å². The Morgan fingerprint density at radius 3 is 2.85 bits per heavy atom. The van der Waals surface area contributed by atoms with E-state index in [2.05, 4.69) is 20.8 Å². The van der Waals surface area contributed by atoms with Crippen molar-refractivity contribution in [3.63, 3.8) is 0 Å². The first kappa shape index (κ1) is 16.5. The topological polar surface area (TPSA) is 76.8 Å². The number of hydrogen-bond donors (Lipinski definition) is 2. The van der Waals surface area contributed by atoms with E-state index < -0.39 is 0 Å².